The minimum absolute atomic E-state index is 0.224. The standard InChI is InChI=1S/C22H18ClN9O/c23-18-8-4-5-16(13-18)14-30-12-10-20(27-30)24-22(33)19-9-11-31(26-19)15-32-28-21(25-29-32)17-6-2-1-3-7-17/h1-13H,14-15H2,(H,24,27,33). The number of anilines is 1. The zero-order chi connectivity index (χ0) is 22.6. The van der Waals surface area contributed by atoms with Crippen LogP contribution >= 0.6 is 11.6 Å². The molecular formula is C22H18ClN9O. The first-order valence-corrected chi connectivity index (χ1v) is 10.5. The summed E-state index contributed by atoms with van der Waals surface area (Å²) in [6, 6.07) is 20.5. The summed E-state index contributed by atoms with van der Waals surface area (Å²) in [5.74, 6) is 0.592. The highest BCUT2D eigenvalue weighted by molar-refractivity contribution is 6.30. The average Bonchev–Trinajstić information content (AvgIpc) is 3.57. The normalized spacial score (nSPS) is 10.9. The summed E-state index contributed by atoms with van der Waals surface area (Å²) < 4.78 is 3.28. The van der Waals surface area contributed by atoms with E-state index >= 15 is 0 Å². The topological polar surface area (TPSA) is 108 Å². The fraction of sp³-hybridized carbons (Fsp3) is 0.0909. The van der Waals surface area contributed by atoms with E-state index in [0.717, 1.165) is 11.1 Å². The predicted octanol–water partition coefficient (Wildman–Crippen LogP) is 3.19. The Kier molecular flexibility index (Phi) is 5.64. The van der Waals surface area contributed by atoms with Crippen molar-refractivity contribution in [2.24, 2.45) is 0 Å². The number of hydrogen-bond donors (Lipinski definition) is 1. The quantitative estimate of drug-likeness (QED) is 0.400. The third-order valence-electron chi connectivity index (χ3n) is 4.75. The van der Waals surface area contributed by atoms with Crippen LogP contribution in [0.15, 0.2) is 79.1 Å². The molecule has 0 aliphatic heterocycles. The van der Waals surface area contributed by atoms with Crippen LogP contribution in [-0.2, 0) is 13.2 Å². The first-order valence-electron chi connectivity index (χ1n) is 10.1. The third kappa shape index (κ3) is 4.96. The zero-order valence-corrected chi connectivity index (χ0v) is 18.0. The second-order valence-corrected chi connectivity index (χ2v) is 7.65. The number of carbonyl (C=O) groups excluding carboxylic acids is 1. The number of rotatable bonds is 7. The molecule has 0 bridgehead atoms. The molecule has 0 atom stereocenters. The van der Waals surface area contributed by atoms with Crippen LogP contribution in [0.4, 0.5) is 5.82 Å². The first-order chi connectivity index (χ1) is 16.1. The molecule has 5 rings (SSSR count). The summed E-state index contributed by atoms with van der Waals surface area (Å²) in [5.41, 5.74) is 2.14. The Labute approximate surface area is 193 Å². The second kappa shape index (κ2) is 9.05. The molecule has 5 aromatic rings. The Balaban J connectivity index is 1.20. The van der Waals surface area contributed by atoms with Crippen molar-refractivity contribution in [2.75, 3.05) is 5.32 Å². The highest BCUT2D eigenvalue weighted by Crippen LogP contribution is 2.14. The lowest BCUT2D eigenvalue weighted by atomic mass is 10.2. The van der Waals surface area contributed by atoms with Crippen molar-refractivity contribution in [3.63, 3.8) is 0 Å². The van der Waals surface area contributed by atoms with Crippen LogP contribution in [0.25, 0.3) is 11.4 Å². The largest absolute Gasteiger partial charge is 0.304 e. The van der Waals surface area contributed by atoms with E-state index in [1.807, 2.05) is 54.6 Å². The van der Waals surface area contributed by atoms with Crippen molar-refractivity contribution in [2.45, 2.75) is 13.2 Å². The van der Waals surface area contributed by atoms with Gasteiger partial charge in [0.1, 0.15) is 0 Å². The molecule has 0 aliphatic carbocycles. The lowest BCUT2D eigenvalue weighted by molar-refractivity contribution is 0.102. The van der Waals surface area contributed by atoms with Crippen molar-refractivity contribution in [1.29, 1.82) is 0 Å². The molecule has 0 spiro atoms. The molecule has 3 heterocycles. The smallest absolute Gasteiger partial charge is 0.277 e. The molecule has 3 aromatic heterocycles. The van der Waals surface area contributed by atoms with Gasteiger partial charge >= 0.3 is 0 Å². The molecule has 1 N–H and O–H groups in total. The molecule has 33 heavy (non-hydrogen) atoms. The summed E-state index contributed by atoms with van der Waals surface area (Å²) in [6.07, 6.45) is 3.47. The summed E-state index contributed by atoms with van der Waals surface area (Å²) in [6.45, 7) is 0.766. The molecule has 11 heteroatoms. The maximum Gasteiger partial charge on any atom is 0.277 e. The Morgan fingerprint density at radius 3 is 2.61 bits per heavy atom. The van der Waals surface area contributed by atoms with Gasteiger partial charge in [0.2, 0.25) is 5.82 Å². The van der Waals surface area contributed by atoms with Gasteiger partial charge < -0.3 is 5.32 Å². The molecule has 0 radical (unpaired) electrons. The van der Waals surface area contributed by atoms with Crippen LogP contribution in [0.2, 0.25) is 5.02 Å². The van der Waals surface area contributed by atoms with Crippen LogP contribution in [0.1, 0.15) is 16.1 Å². The van der Waals surface area contributed by atoms with E-state index in [9.17, 15) is 4.79 Å². The van der Waals surface area contributed by atoms with E-state index in [1.165, 1.54) is 4.80 Å². The summed E-state index contributed by atoms with van der Waals surface area (Å²) in [4.78, 5) is 14.0. The van der Waals surface area contributed by atoms with Crippen molar-refractivity contribution in [3.05, 3.63) is 95.4 Å². The number of amides is 1. The Bertz CT molecular complexity index is 1390. The van der Waals surface area contributed by atoms with Crippen molar-refractivity contribution < 1.29 is 4.79 Å². The van der Waals surface area contributed by atoms with Crippen molar-refractivity contribution in [1.82, 2.24) is 39.8 Å². The van der Waals surface area contributed by atoms with E-state index in [4.69, 9.17) is 11.6 Å². The number of nitrogens with one attached hydrogen (secondary N) is 1. The number of tetrazole rings is 1. The molecule has 0 saturated heterocycles. The van der Waals surface area contributed by atoms with Crippen LogP contribution in [0.5, 0.6) is 0 Å². The number of benzene rings is 2. The minimum atomic E-state index is -0.363. The Hall–Kier alpha value is -4.31. The number of nitrogens with zero attached hydrogens (tertiary/aromatic N) is 8. The van der Waals surface area contributed by atoms with Crippen LogP contribution in [0.3, 0.4) is 0 Å². The molecular weight excluding hydrogens is 442 g/mol. The summed E-state index contributed by atoms with van der Waals surface area (Å²) >= 11 is 6.03. The van der Waals surface area contributed by atoms with Gasteiger partial charge in [-0.25, -0.2) is 4.68 Å². The van der Waals surface area contributed by atoms with Crippen LogP contribution < -0.4 is 5.32 Å². The lowest BCUT2D eigenvalue weighted by Crippen LogP contribution is -2.16. The minimum Gasteiger partial charge on any atom is -0.304 e. The predicted molar refractivity (Wildman–Crippen MR) is 122 cm³/mol. The third-order valence-corrected chi connectivity index (χ3v) is 4.98. The number of carbonyl (C=O) groups is 1. The monoisotopic (exact) mass is 459 g/mol. The van der Waals surface area contributed by atoms with E-state index < -0.39 is 0 Å². The first kappa shape index (κ1) is 20.6. The molecule has 10 nitrogen and oxygen atoms in total. The zero-order valence-electron chi connectivity index (χ0n) is 17.3. The van der Waals surface area contributed by atoms with E-state index in [2.05, 4.69) is 30.9 Å². The van der Waals surface area contributed by atoms with Gasteiger partial charge in [-0.15, -0.1) is 15.0 Å². The van der Waals surface area contributed by atoms with Gasteiger partial charge in [-0.05, 0) is 29.0 Å². The summed E-state index contributed by atoms with van der Waals surface area (Å²) in [5, 5.41) is 24.6. The van der Waals surface area contributed by atoms with E-state index in [-0.39, 0.29) is 18.3 Å². The number of aromatic nitrogens is 8. The molecule has 0 saturated carbocycles. The highest BCUT2D eigenvalue weighted by atomic mass is 35.5. The average molecular weight is 460 g/mol. The van der Waals surface area contributed by atoms with Gasteiger partial charge in [0.15, 0.2) is 18.2 Å². The Morgan fingerprint density at radius 1 is 0.909 bits per heavy atom. The van der Waals surface area contributed by atoms with Gasteiger partial charge in [0.05, 0.1) is 6.54 Å². The maximum atomic E-state index is 12.6. The lowest BCUT2D eigenvalue weighted by Gasteiger charge is -2.03. The number of hydrogen-bond acceptors (Lipinski definition) is 6. The Morgan fingerprint density at radius 2 is 1.76 bits per heavy atom. The number of halogens is 1. The molecule has 1 amide bonds. The van der Waals surface area contributed by atoms with E-state index in [0.29, 0.717) is 23.2 Å². The fourth-order valence-electron chi connectivity index (χ4n) is 3.22. The van der Waals surface area contributed by atoms with E-state index in [1.54, 1.807) is 33.9 Å². The molecule has 0 aliphatic rings. The maximum absolute atomic E-state index is 12.6. The van der Waals surface area contributed by atoms with Gasteiger partial charge in [0, 0.05) is 29.0 Å². The molecule has 2 aromatic carbocycles. The van der Waals surface area contributed by atoms with Gasteiger partial charge in [-0.1, -0.05) is 54.1 Å². The SMILES string of the molecule is O=C(Nc1ccn(Cc2cccc(Cl)c2)n1)c1ccn(Cn2nnc(-c3ccccc3)n2)n1. The van der Waals surface area contributed by atoms with Crippen molar-refractivity contribution >= 4 is 23.3 Å². The fourth-order valence-corrected chi connectivity index (χ4v) is 3.43. The van der Waals surface area contributed by atoms with Gasteiger partial charge in [-0.3, -0.25) is 9.48 Å². The van der Waals surface area contributed by atoms with Gasteiger partial charge in [-0.2, -0.15) is 10.2 Å². The van der Waals surface area contributed by atoms with Crippen LogP contribution in [-0.4, -0.2) is 45.7 Å². The van der Waals surface area contributed by atoms with Crippen molar-refractivity contribution in [3.8, 4) is 11.4 Å². The van der Waals surface area contributed by atoms with Gasteiger partial charge in [0.25, 0.3) is 5.91 Å². The second-order valence-electron chi connectivity index (χ2n) is 7.22. The summed E-state index contributed by atoms with van der Waals surface area (Å²) in [7, 11) is 0. The highest BCUT2D eigenvalue weighted by Gasteiger charge is 2.13. The molecule has 0 fully saturated rings. The molecule has 164 valence electrons. The van der Waals surface area contributed by atoms with Crippen LogP contribution in [0, 0.1) is 0 Å². The molecule has 0 unspecified atom stereocenters.